The third kappa shape index (κ3) is 2.44. The van der Waals surface area contributed by atoms with Gasteiger partial charge in [0.2, 0.25) is 0 Å². The molecule has 2 aromatic heterocycles. The second-order valence-electron chi connectivity index (χ2n) is 4.36. The van der Waals surface area contributed by atoms with Crippen molar-refractivity contribution >= 4 is 17.0 Å². The maximum atomic E-state index is 5.96. The van der Waals surface area contributed by atoms with Crippen molar-refractivity contribution in [2.75, 3.05) is 5.73 Å². The number of rotatable bonds is 4. The Balaban J connectivity index is 2.16. The predicted molar refractivity (Wildman–Crippen MR) is 69.4 cm³/mol. The Labute approximate surface area is 99.9 Å². The van der Waals surface area contributed by atoms with Gasteiger partial charge in [-0.2, -0.15) is 5.10 Å². The monoisotopic (exact) mass is 235 g/mol. The number of aryl methyl sites for hydroxylation is 1. The summed E-state index contributed by atoms with van der Waals surface area (Å²) in [6.45, 7) is 5.37. The Hall–Kier alpha value is -1.29. The van der Waals surface area contributed by atoms with Crippen LogP contribution in [0.5, 0.6) is 0 Å². The van der Waals surface area contributed by atoms with E-state index in [9.17, 15) is 0 Å². The number of aromatic nitrogens is 2. The van der Waals surface area contributed by atoms with Crippen molar-refractivity contribution < 1.29 is 0 Å². The molecule has 0 saturated heterocycles. The Bertz CT molecular complexity index is 443. The van der Waals surface area contributed by atoms with Gasteiger partial charge < -0.3 is 5.73 Å². The molecule has 86 valence electrons. The van der Waals surface area contributed by atoms with Gasteiger partial charge in [-0.3, -0.25) is 4.68 Å². The van der Waals surface area contributed by atoms with Crippen LogP contribution < -0.4 is 5.73 Å². The molecular formula is C12H17N3S. The van der Waals surface area contributed by atoms with Crippen LogP contribution >= 0.6 is 11.3 Å². The maximum Gasteiger partial charge on any atom is 0.125 e. The summed E-state index contributed by atoms with van der Waals surface area (Å²) in [4.78, 5) is 1.14. The van der Waals surface area contributed by atoms with Crippen LogP contribution in [0.25, 0.3) is 10.6 Å². The van der Waals surface area contributed by atoms with E-state index in [0.29, 0.717) is 5.92 Å². The normalized spacial score (nSPS) is 11.2. The zero-order chi connectivity index (χ0) is 11.5. The van der Waals surface area contributed by atoms with Crippen LogP contribution in [-0.2, 0) is 6.54 Å². The Morgan fingerprint density at radius 1 is 1.50 bits per heavy atom. The van der Waals surface area contributed by atoms with Crippen molar-refractivity contribution in [3.8, 4) is 10.6 Å². The van der Waals surface area contributed by atoms with Crippen LogP contribution in [0.1, 0.15) is 20.3 Å². The standard InChI is InChI=1S/C12H17N3S/c1-9(2)5-6-15-8-10(13)12(14-15)11-4-3-7-16-11/h3-4,7-9H,5-6,13H2,1-2H3. The molecule has 3 nitrogen and oxygen atoms in total. The van der Waals surface area contributed by atoms with E-state index in [1.54, 1.807) is 11.3 Å². The third-order valence-corrected chi connectivity index (χ3v) is 3.36. The zero-order valence-corrected chi connectivity index (χ0v) is 10.5. The van der Waals surface area contributed by atoms with Crippen LogP contribution in [0.15, 0.2) is 23.7 Å². The molecule has 4 heteroatoms. The van der Waals surface area contributed by atoms with Crippen molar-refractivity contribution in [1.29, 1.82) is 0 Å². The van der Waals surface area contributed by atoms with Crippen molar-refractivity contribution in [1.82, 2.24) is 9.78 Å². The highest BCUT2D eigenvalue weighted by Gasteiger charge is 2.09. The Morgan fingerprint density at radius 3 is 2.94 bits per heavy atom. The van der Waals surface area contributed by atoms with E-state index in [1.165, 1.54) is 0 Å². The molecule has 0 aliphatic carbocycles. The molecule has 0 atom stereocenters. The third-order valence-electron chi connectivity index (χ3n) is 2.48. The first kappa shape index (κ1) is 11.2. The van der Waals surface area contributed by atoms with Gasteiger partial charge in [0.25, 0.3) is 0 Å². The molecule has 0 bridgehead atoms. The van der Waals surface area contributed by atoms with Gasteiger partial charge in [0, 0.05) is 12.7 Å². The summed E-state index contributed by atoms with van der Waals surface area (Å²) in [5, 5.41) is 6.57. The van der Waals surface area contributed by atoms with Gasteiger partial charge in [-0.15, -0.1) is 11.3 Å². The van der Waals surface area contributed by atoms with E-state index in [-0.39, 0.29) is 0 Å². The minimum atomic E-state index is 0.690. The van der Waals surface area contributed by atoms with Crippen LogP contribution in [0.3, 0.4) is 0 Å². The van der Waals surface area contributed by atoms with Crippen LogP contribution in [0, 0.1) is 5.92 Å². The van der Waals surface area contributed by atoms with E-state index >= 15 is 0 Å². The molecule has 0 amide bonds. The molecule has 0 aliphatic rings. The molecule has 16 heavy (non-hydrogen) atoms. The highest BCUT2D eigenvalue weighted by Crippen LogP contribution is 2.28. The SMILES string of the molecule is CC(C)CCn1cc(N)c(-c2cccs2)n1. The summed E-state index contributed by atoms with van der Waals surface area (Å²) >= 11 is 1.67. The molecule has 0 aromatic carbocycles. The fourth-order valence-electron chi connectivity index (χ4n) is 1.55. The Kier molecular flexibility index (Phi) is 3.29. The van der Waals surface area contributed by atoms with Gasteiger partial charge in [0.05, 0.1) is 10.6 Å². The van der Waals surface area contributed by atoms with Gasteiger partial charge in [0.1, 0.15) is 5.69 Å². The van der Waals surface area contributed by atoms with Crippen molar-refractivity contribution in [2.45, 2.75) is 26.8 Å². The minimum Gasteiger partial charge on any atom is -0.396 e. The van der Waals surface area contributed by atoms with Crippen molar-refractivity contribution in [2.24, 2.45) is 5.92 Å². The summed E-state index contributed by atoms with van der Waals surface area (Å²) < 4.78 is 1.95. The molecule has 2 rings (SSSR count). The highest BCUT2D eigenvalue weighted by molar-refractivity contribution is 7.13. The summed E-state index contributed by atoms with van der Waals surface area (Å²) in [5.41, 5.74) is 7.65. The number of thiophene rings is 1. The lowest BCUT2D eigenvalue weighted by Gasteiger charge is -2.03. The topological polar surface area (TPSA) is 43.8 Å². The van der Waals surface area contributed by atoms with Gasteiger partial charge in [-0.05, 0) is 23.8 Å². The number of anilines is 1. The largest absolute Gasteiger partial charge is 0.396 e. The first-order valence-electron chi connectivity index (χ1n) is 5.53. The molecule has 0 radical (unpaired) electrons. The molecular weight excluding hydrogens is 218 g/mol. The van der Waals surface area contributed by atoms with Crippen LogP contribution in [-0.4, -0.2) is 9.78 Å². The number of nitrogens with zero attached hydrogens (tertiary/aromatic N) is 2. The van der Waals surface area contributed by atoms with Crippen molar-refractivity contribution in [3.63, 3.8) is 0 Å². The average molecular weight is 235 g/mol. The summed E-state index contributed by atoms with van der Waals surface area (Å²) in [6.07, 6.45) is 3.06. The summed E-state index contributed by atoms with van der Waals surface area (Å²) in [7, 11) is 0. The van der Waals surface area contributed by atoms with E-state index in [4.69, 9.17) is 5.73 Å². The van der Waals surface area contributed by atoms with E-state index in [2.05, 4.69) is 25.0 Å². The van der Waals surface area contributed by atoms with E-state index in [1.807, 2.05) is 22.3 Å². The molecule has 2 N–H and O–H groups in total. The molecule has 0 fully saturated rings. The molecule has 0 spiro atoms. The number of hydrogen-bond acceptors (Lipinski definition) is 3. The quantitative estimate of drug-likeness (QED) is 0.884. The predicted octanol–water partition coefficient (Wildman–Crippen LogP) is 3.24. The molecule has 0 aliphatic heterocycles. The molecule has 0 unspecified atom stereocenters. The lowest BCUT2D eigenvalue weighted by Crippen LogP contribution is -2.01. The number of nitrogen functional groups attached to an aromatic ring is 1. The smallest absolute Gasteiger partial charge is 0.125 e. The maximum absolute atomic E-state index is 5.96. The van der Waals surface area contributed by atoms with E-state index in [0.717, 1.165) is 29.2 Å². The van der Waals surface area contributed by atoms with Crippen molar-refractivity contribution in [3.05, 3.63) is 23.7 Å². The number of hydrogen-bond donors (Lipinski definition) is 1. The van der Waals surface area contributed by atoms with Crippen LogP contribution in [0.2, 0.25) is 0 Å². The lowest BCUT2D eigenvalue weighted by atomic mass is 10.1. The van der Waals surface area contributed by atoms with Gasteiger partial charge in [-0.25, -0.2) is 0 Å². The summed E-state index contributed by atoms with van der Waals surface area (Å²) in [5.74, 6) is 0.690. The first-order valence-corrected chi connectivity index (χ1v) is 6.41. The van der Waals surface area contributed by atoms with Gasteiger partial charge in [0.15, 0.2) is 0 Å². The second-order valence-corrected chi connectivity index (χ2v) is 5.30. The van der Waals surface area contributed by atoms with Gasteiger partial charge >= 0.3 is 0 Å². The zero-order valence-electron chi connectivity index (χ0n) is 9.68. The molecule has 0 saturated carbocycles. The van der Waals surface area contributed by atoms with Crippen LogP contribution in [0.4, 0.5) is 5.69 Å². The highest BCUT2D eigenvalue weighted by atomic mass is 32.1. The fourth-order valence-corrected chi connectivity index (χ4v) is 2.28. The minimum absolute atomic E-state index is 0.690. The molecule has 2 aromatic rings. The molecule has 2 heterocycles. The average Bonchev–Trinajstić information content (AvgIpc) is 2.83. The summed E-state index contributed by atoms with van der Waals surface area (Å²) in [6, 6.07) is 4.07. The lowest BCUT2D eigenvalue weighted by molar-refractivity contribution is 0.488. The Morgan fingerprint density at radius 2 is 2.31 bits per heavy atom. The van der Waals surface area contributed by atoms with Gasteiger partial charge in [-0.1, -0.05) is 19.9 Å². The van der Waals surface area contributed by atoms with E-state index < -0.39 is 0 Å². The fraction of sp³-hybridized carbons (Fsp3) is 0.417. The second kappa shape index (κ2) is 4.70. The number of nitrogens with two attached hydrogens (primary N) is 1. The first-order chi connectivity index (χ1) is 7.66.